The van der Waals surface area contributed by atoms with Crippen LogP contribution in [0.1, 0.15) is 57.1 Å². The van der Waals surface area contributed by atoms with Crippen LogP contribution in [-0.2, 0) is 9.53 Å². The van der Waals surface area contributed by atoms with E-state index in [-0.39, 0.29) is 17.1 Å². The first-order valence-electron chi connectivity index (χ1n) is 11.4. The number of rotatable bonds is 3. The highest BCUT2D eigenvalue weighted by molar-refractivity contribution is 5.84. The number of nitrogens with zero attached hydrogens (tertiary/aromatic N) is 3. The standard InChI is InChI=1S/C23H31N3O3/c1-15-11-24-12-20(25-15)29-19-2-3-28-23(10-19)13-26(14-23)21(27)22-7-16-4-17(8-22)6-18(5-16)9-22/h11-12,16-19H,2-10,13-14H2,1H3/t16?,17?,18?,19-,22?/m1/s1. The van der Waals surface area contributed by atoms with E-state index in [1.54, 1.807) is 12.4 Å². The van der Waals surface area contributed by atoms with Gasteiger partial charge in [0.15, 0.2) is 0 Å². The lowest BCUT2D eigenvalue weighted by Gasteiger charge is -2.60. The van der Waals surface area contributed by atoms with Crippen molar-refractivity contribution in [1.82, 2.24) is 14.9 Å². The predicted octanol–water partition coefficient (Wildman–Crippen LogP) is 3.14. The van der Waals surface area contributed by atoms with Gasteiger partial charge in [0, 0.05) is 19.0 Å². The number of carbonyl (C=O) groups excluding carboxylic acids is 1. The highest BCUT2D eigenvalue weighted by atomic mass is 16.5. The minimum Gasteiger partial charge on any atom is -0.473 e. The maximum Gasteiger partial charge on any atom is 0.232 e. The smallest absolute Gasteiger partial charge is 0.232 e. The number of aromatic nitrogens is 2. The zero-order valence-corrected chi connectivity index (χ0v) is 17.3. The van der Waals surface area contributed by atoms with Gasteiger partial charge in [-0.25, -0.2) is 4.98 Å². The van der Waals surface area contributed by atoms with Gasteiger partial charge in [0.05, 0.1) is 37.0 Å². The molecule has 7 rings (SSSR count). The minimum absolute atomic E-state index is 0.0436. The van der Waals surface area contributed by atoms with Gasteiger partial charge in [-0.2, -0.15) is 0 Å². The molecule has 6 aliphatic rings. The molecule has 6 nitrogen and oxygen atoms in total. The van der Waals surface area contributed by atoms with Gasteiger partial charge < -0.3 is 14.4 Å². The van der Waals surface area contributed by atoms with E-state index in [0.717, 1.165) is 68.6 Å². The molecule has 29 heavy (non-hydrogen) atoms. The van der Waals surface area contributed by atoms with Crippen LogP contribution in [0.4, 0.5) is 0 Å². The predicted molar refractivity (Wildman–Crippen MR) is 106 cm³/mol. The summed E-state index contributed by atoms with van der Waals surface area (Å²) in [6, 6.07) is 0. The van der Waals surface area contributed by atoms with Gasteiger partial charge in [-0.15, -0.1) is 0 Å². The second-order valence-corrected chi connectivity index (χ2v) is 10.6. The first-order valence-corrected chi connectivity index (χ1v) is 11.4. The van der Waals surface area contributed by atoms with E-state index >= 15 is 0 Å². The number of hydrogen-bond donors (Lipinski definition) is 0. The first kappa shape index (κ1) is 18.1. The van der Waals surface area contributed by atoms with E-state index in [9.17, 15) is 4.79 Å². The number of amides is 1. The van der Waals surface area contributed by atoms with Crippen molar-refractivity contribution < 1.29 is 14.3 Å². The minimum atomic E-state index is -0.224. The fourth-order valence-corrected chi connectivity index (χ4v) is 7.47. The van der Waals surface area contributed by atoms with E-state index in [4.69, 9.17) is 9.47 Å². The largest absolute Gasteiger partial charge is 0.473 e. The summed E-state index contributed by atoms with van der Waals surface area (Å²) < 4.78 is 12.3. The second-order valence-electron chi connectivity index (χ2n) is 10.6. The highest BCUT2D eigenvalue weighted by Gasteiger charge is 2.59. The van der Waals surface area contributed by atoms with E-state index in [2.05, 4.69) is 14.9 Å². The third-order valence-electron chi connectivity index (χ3n) is 8.21. The van der Waals surface area contributed by atoms with Gasteiger partial charge in [-0.1, -0.05) is 0 Å². The molecule has 1 atom stereocenters. The number of aryl methyl sites for hydroxylation is 1. The molecule has 6 fully saturated rings. The molecule has 2 saturated heterocycles. The Bertz CT molecular complexity index is 784. The molecule has 6 heteroatoms. The van der Waals surface area contributed by atoms with Crippen molar-refractivity contribution in [3.8, 4) is 5.88 Å². The molecule has 156 valence electrons. The summed E-state index contributed by atoms with van der Waals surface area (Å²) in [7, 11) is 0. The maximum atomic E-state index is 13.5. The van der Waals surface area contributed by atoms with Crippen molar-refractivity contribution in [2.45, 2.75) is 70.0 Å². The van der Waals surface area contributed by atoms with E-state index in [1.807, 2.05) is 6.92 Å². The molecule has 0 radical (unpaired) electrons. The zero-order valence-electron chi connectivity index (χ0n) is 17.3. The van der Waals surface area contributed by atoms with Crippen LogP contribution in [0, 0.1) is 30.1 Å². The summed E-state index contributed by atoms with van der Waals surface area (Å²) in [5.41, 5.74) is 0.594. The average molecular weight is 398 g/mol. The summed E-state index contributed by atoms with van der Waals surface area (Å²) in [5.74, 6) is 3.44. The zero-order chi connectivity index (χ0) is 19.6. The third-order valence-corrected chi connectivity index (χ3v) is 8.21. The molecule has 4 aliphatic carbocycles. The van der Waals surface area contributed by atoms with Crippen LogP contribution in [0.3, 0.4) is 0 Å². The van der Waals surface area contributed by atoms with Crippen molar-refractivity contribution in [3.63, 3.8) is 0 Å². The van der Waals surface area contributed by atoms with Gasteiger partial charge in [-0.05, 0) is 63.2 Å². The molecule has 1 spiro atoms. The molecule has 0 unspecified atom stereocenters. The van der Waals surface area contributed by atoms with Gasteiger partial charge in [0.25, 0.3) is 0 Å². The van der Waals surface area contributed by atoms with Crippen LogP contribution in [0.5, 0.6) is 5.88 Å². The van der Waals surface area contributed by atoms with Crippen molar-refractivity contribution in [2.24, 2.45) is 23.2 Å². The molecule has 1 aromatic heterocycles. The summed E-state index contributed by atoms with van der Waals surface area (Å²) in [6.45, 7) is 4.06. The monoisotopic (exact) mass is 397 g/mol. The third kappa shape index (κ3) is 3.06. The molecule has 0 aromatic carbocycles. The Kier molecular flexibility index (Phi) is 4.00. The summed E-state index contributed by atoms with van der Waals surface area (Å²) in [6.07, 6.45) is 12.7. The van der Waals surface area contributed by atoms with Crippen LogP contribution < -0.4 is 4.74 Å². The Morgan fingerprint density at radius 3 is 2.45 bits per heavy atom. The van der Waals surface area contributed by atoms with Crippen LogP contribution >= 0.6 is 0 Å². The number of carbonyl (C=O) groups is 1. The molecule has 1 amide bonds. The molecule has 2 aliphatic heterocycles. The molecular formula is C23H31N3O3. The normalized spacial score (nSPS) is 39.4. The quantitative estimate of drug-likeness (QED) is 0.784. The highest BCUT2D eigenvalue weighted by Crippen LogP contribution is 2.61. The lowest BCUT2D eigenvalue weighted by atomic mass is 9.49. The number of likely N-dealkylation sites (tertiary alicyclic amines) is 1. The van der Waals surface area contributed by atoms with Crippen molar-refractivity contribution in [3.05, 3.63) is 18.1 Å². The van der Waals surface area contributed by atoms with E-state index in [1.165, 1.54) is 19.3 Å². The topological polar surface area (TPSA) is 64.6 Å². The SMILES string of the molecule is Cc1cncc(O[C@@H]2CCOC3(C2)CN(C(=O)C24CC5CC(CC(C5)C2)C4)C3)n1. The van der Waals surface area contributed by atoms with Gasteiger partial charge in [-0.3, -0.25) is 9.78 Å². The number of ether oxygens (including phenoxy) is 2. The second kappa shape index (κ2) is 6.40. The average Bonchev–Trinajstić information content (AvgIpc) is 2.64. The van der Waals surface area contributed by atoms with E-state index < -0.39 is 0 Å². The molecule has 1 aromatic rings. The van der Waals surface area contributed by atoms with E-state index in [0.29, 0.717) is 18.4 Å². The fourth-order valence-electron chi connectivity index (χ4n) is 7.47. The molecule has 3 heterocycles. The Hall–Kier alpha value is -1.69. The van der Waals surface area contributed by atoms with Gasteiger partial charge in [0.1, 0.15) is 11.7 Å². The molecular weight excluding hydrogens is 366 g/mol. The van der Waals surface area contributed by atoms with Crippen LogP contribution in [0.15, 0.2) is 12.4 Å². The van der Waals surface area contributed by atoms with Crippen molar-refractivity contribution in [1.29, 1.82) is 0 Å². The van der Waals surface area contributed by atoms with Gasteiger partial charge in [0.2, 0.25) is 11.8 Å². The summed E-state index contributed by atoms with van der Waals surface area (Å²) in [4.78, 5) is 24.2. The van der Waals surface area contributed by atoms with Crippen LogP contribution in [-0.4, -0.2) is 52.2 Å². The lowest BCUT2D eigenvalue weighted by Crippen LogP contribution is -2.70. The lowest BCUT2D eigenvalue weighted by molar-refractivity contribution is -0.205. The Balaban J connectivity index is 1.10. The van der Waals surface area contributed by atoms with Crippen LogP contribution in [0.2, 0.25) is 0 Å². The van der Waals surface area contributed by atoms with Crippen LogP contribution in [0.25, 0.3) is 0 Å². The fraction of sp³-hybridized carbons (Fsp3) is 0.783. The summed E-state index contributed by atoms with van der Waals surface area (Å²) in [5, 5.41) is 0. The summed E-state index contributed by atoms with van der Waals surface area (Å²) >= 11 is 0. The van der Waals surface area contributed by atoms with Crippen molar-refractivity contribution >= 4 is 5.91 Å². The Morgan fingerprint density at radius 1 is 1.10 bits per heavy atom. The Labute approximate surface area is 172 Å². The van der Waals surface area contributed by atoms with Crippen molar-refractivity contribution in [2.75, 3.05) is 19.7 Å². The number of hydrogen-bond acceptors (Lipinski definition) is 5. The molecule has 4 saturated carbocycles. The maximum absolute atomic E-state index is 13.5. The molecule has 0 N–H and O–H groups in total. The first-order chi connectivity index (χ1) is 14.0. The molecule has 4 bridgehead atoms. The Morgan fingerprint density at radius 2 is 1.79 bits per heavy atom. The van der Waals surface area contributed by atoms with Gasteiger partial charge >= 0.3 is 0 Å².